The van der Waals surface area contributed by atoms with Crippen molar-refractivity contribution in [3.63, 3.8) is 0 Å². The number of imide groups is 1. The van der Waals surface area contributed by atoms with Gasteiger partial charge in [-0.1, -0.05) is 42.0 Å². The number of likely N-dealkylation sites (N-methyl/N-ethyl adjacent to an activating group) is 2. The maximum atomic E-state index is 13.3. The lowest BCUT2D eigenvalue weighted by atomic mass is 10.0. The van der Waals surface area contributed by atoms with Crippen molar-refractivity contribution in [3.05, 3.63) is 65.2 Å². The van der Waals surface area contributed by atoms with Crippen molar-refractivity contribution in [2.45, 2.75) is 26.4 Å². The number of anilines is 1. The number of benzene rings is 2. The Bertz CT molecular complexity index is 1210. The average molecular weight is 474 g/mol. The Balaban J connectivity index is 1.42. The predicted molar refractivity (Wildman–Crippen MR) is 137 cm³/mol. The van der Waals surface area contributed by atoms with Crippen molar-refractivity contribution < 1.29 is 14.2 Å². The Labute approximate surface area is 206 Å². The molecule has 5 rings (SSSR count). The molecule has 8 nitrogen and oxygen atoms in total. The van der Waals surface area contributed by atoms with Crippen molar-refractivity contribution >= 4 is 29.3 Å². The fourth-order valence-corrected chi connectivity index (χ4v) is 5.11. The van der Waals surface area contributed by atoms with Crippen LogP contribution in [0.3, 0.4) is 0 Å². The number of amides is 3. The Morgan fingerprint density at radius 3 is 2.37 bits per heavy atom. The molecule has 3 amide bonds. The number of hydrogen-bond acceptors (Lipinski definition) is 5. The zero-order valence-corrected chi connectivity index (χ0v) is 20.9. The monoisotopic (exact) mass is 473 g/mol. The number of rotatable bonds is 5. The molecule has 182 valence electrons. The minimum atomic E-state index is -0.580. The van der Waals surface area contributed by atoms with E-state index in [-0.39, 0.29) is 11.9 Å². The van der Waals surface area contributed by atoms with Crippen molar-refractivity contribution in [2.75, 3.05) is 51.7 Å². The van der Waals surface area contributed by atoms with Crippen LogP contribution in [0.15, 0.2) is 53.5 Å². The fraction of sp³-hybridized carbons (Fsp3) is 0.407. The van der Waals surface area contributed by atoms with Crippen LogP contribution in [0, 0.1) is 13.8 Å². The number of amidine groups is 2. The highest BCUT2D eigenvalue weighted by Crippen LogP contribution is 2.23. The molecule has 3 aliphatic heterocycles. The van der Waals surface area contributed by atoms with E-state index in [0.29, 0.717) is 18.9 Å². The lowest BCUT2D eigenvalue weighted by Crippen LogP contribution is -2.61. The molecule has 3 heterocycles. The molecule has 8 heteroatoms. The van der Waals surface area contributed by atoms with Gasteiger partial charge in [-0.2, -0.15) is 0 Å². The molecule has 35 heavy (non-hydrogen) atoms. The summed E-state index contributed by atoms with van der Waals surface area (Å²) < 4.78 is 2.10. The van der Waals surface area contributed by atoms with Gasteiger partial charge in [0.25, 0.3) is 17.8 Å². The third-order valence-corrected chi connectivity index (χ3v) is 7.32. The van der Waals surface area contributed by atoms with Crippen LogP contribution in [0.1, 0.15) is 16.7 Å². The molecule has 2 fully saturated rings. The Hall–Kier alpha value is -3.52. The Kier molecular flexibility index (Phi) is 6.15. The fourth-order valence-electron chi connectivity index (χ4n) is 5.11. The molecule has 1 unspecified atom stereocenters. The first-order valence-electron chi connectivity index (χ1n) is 12.2. The van der Waals surface area contributed by atoms with E-state index in [1.807, 2.05) is 6.07 Å². The molecule has 2 aromatic carbocycles. The van der Waals surface area contributed by atoms with Gasteiger partial charge in [0.15, 0.2) is 0 Å². The van der Waals surface area contributed by atoms with Crippen LogP contribution in [0.2, 0.25) is 0 Å². The molecule has 2 saturated heterocycles. The minimum absolute atomic E-state index is 0.221. The highest BCUT2D eigenvalue weighted by atomic mass is 16.2. The molecule has 0 aromatic heterocycles. The number of hydrogen-bond donors (Lipinski definition) is 0. The number of fused-ring (bicyclic) bond motifs is 1. The molecule has 1 atom stereocenters. The number of carbonyl (C=O) groups is 2. The largest absolute Gasteiger partial charge is 0.369 e. The van der Waals surface area contributed by atoms with E-state index in [4.69, 9.17) is 4.99 Å². The molecule has 3 aliphatic rings. The van der Waals surface area contributed by atoms with Gasteiger partial charge < -0.3 is 4.90 Å². The van der Waals surface area contributed by atoms with E-state index in [1.165, 1.54) is 32.2 Å². The van der Waals surface area contributed by atoms with Gasteiger partial charge in [-0.3, -0.25) is 19.5 Å². The van der Waals surface area contributed by atoms with Crippen LogP contribution in [-0.2, 0) is 11.3 Å². The minimum Gasteiger partial charge on any atom is -0.369 e. The molecule has 0 N–H and O–H groups in total. The smallest absolute Gasteiger partial charge is 0.333 e. The van der Waals surface area contributed by atoms with Gasteiger partial charge >= 0.3 is 11.9 Å². The summed E-state index contributed by atoms with van der Waals surface area (Å²) in [7, 11) is 3.25. The molecular weight excluding hydrogens is 440 g/mol. The van der Waals surface area contributed by atoms with Crippen LogP contribution >= 0.6 is 0 Å². The first-order valence-corrected chi connectivity index (χ1v) is 12.2. The summed E-state index contributed by atoms with van der Waals surface area (Å²) in [5.74, 6) is 1.16. The number of urea groups is 1. The molecular formula is C27H33N6O2+. The molecule has 0 spiro atoms. The number of para-hydroxylation sites is 1. The number of carbonyl (C=O) groups excluding carboxylic acids is 2. The van der Waals surface area contributed by atoms with Gasteiger partial charge in [0, 0.05) is 46.0 Å². The second-order valence-electron chi connectivity index (χ2n) is 9.68. The van der Waals surface area contributed by atoms with Gasteiger partial charge in [-0.25, -0.2) is 9.37 Å². The Morgan fingerprint density at radius 1 is 0.943 bits per heavy atom. The van der Waals surface area contributed by atoms with Crippen LogP contribution < -0.4 is 4.90 Å². The summed E-state index contributed by atoms with van der Waals surface area (Å²) in [6, 6.07) is 16.0. The summed E-state index contributed by atoms with van der Waals surface area (Å²) >= 11 is 0. The molecule has 0 aliphatic carbocycles. The maximum Gasteiger partial charge on any atom is 0.333 e. The zero-order valence-electron chi connectivity index (χ0n) is 20.9. The first-order chi connectivity index (χ1) is 16.8. The first kappa shape index (κ1) is 23.2. The summed E-state index contributed by atoms with van der Waals surface area (Å²) in [5, 5.41) is 0. The van der Waals surface area contributed by atoms with Crippen molar-refractivity contribution in [1.29, 1.82) is 0 Å². The number of aliphatic imine (C=N–C) groups is 1. The number of aryl methyl sites for hydroxylation is 2. The van der Waals surface area contributed by atoms with Crippen LogP contribution in [-0.4, -0.2) is 95.7 Å². The molecule has 2 aromatic rings. The van der Waals surface area contributed by atoms with E-state index >= 15 is 0 Å². The van der Waals surface area contributed by atoms with E-state index in [9.17, 15) is 9.59 Å². The quantitative estimate of drug-likeness (QED) is 0.626. The van der Waals surface area contributed by atoms with Gasteiger partial charge in [0.1, 0.15) is 13.1 Å². The van der Waals surface area contributed by atoms with E-state index in [0.717, 1.165) is 32.0 Å². The summed E-state index contributed by atoms with van der Waals surface area (Å²) in [5.41, 5.74) is 4.78. The summed E-state index contributed by atoms with van der Waals surface area (Å²) in [4.78, 5) is 38.3. The molecule has 0 saturated carbocycles. The van der Waals surface area contributed by atoms with Crippen molar-refractivity contribution in [1.82, 2.24) is 14.7 Å². The normalized spacial score (nSPS) is 21.1. The van der Waals surface area contributed by atoms with Gasteiger partial charge in [-0.05, 0) is 42.1 Å². The van der Waals surface area contributed by atoms with Crippen LogP contribution in [0.25, 0.3) is 0 Å². The molecule has 0 radical (unpaired) electrons. The average Bonchev–Trinajstić information content (AvgIpc) is 3.22. The Morgan fingerprint density at radius 2 is 1.66 bits per heavy atom. The standard InChI is InChI=1S/C27H33N6O2/c1-19-10-11-20(2)21(16-19)17-33-23(28-25-24(33)26(34)30(4)27(35)29(25)3)18-31-12-14-32(15-13-31)22-8-6-5-7-9-22/h5-11,16,24H,12-15,17-18H2,1-4H3/q+1. The van der Waals surface area contributed by atoms with Crippen LogP contribution in [0.4, 0.5) is 10.5 Å². The third kappa shape index (κ3) is 4.34. The summed E-state index contributed by atoms with van der Waals surface area (Å²) in [6.45, 7) is 9.10. The zero-order chi connectivity index (χ0) is 24.7. The summed E-state index contributed by atoms with van der Waals surface area (Å²) in [6.07, 6.45) is 0. The second kappa shape index (κ2) is 9.26. The molecule has 0 bridgehead atoms. The highest BCUT2D eigenvalue weighted by molar-refractivity contribution is 6.23. The number of nitrogens with zero attached hydrogens (tertiary/aromatic N) is 6. The lowest BCUT2D eigenvalue weighted by molar-refractivity contribution is -0.552. The van der Waals surface area contributed by atoms with Gasteiger partial charge in [0.2, 0.25) is 0 Å². The SMILES string of the molecule is Cc1ccc(C)c(C[N+]2=C(CN3CCN(c4ccccc4)CC3)N=C3C2C(=O)N(C)C(=O)N3C)c1. The second-order valence-corrected chi connectivity index (χ2v) is 9.68. The van der Waals surface area contributed by atoms with Gasteiger partial charge in [-0.15, -0.1) is 0 Å². The predicted octanol–water partition coefficient (Wildman–Crippen LogP) is 2.34. The number of piperazine rings is 1. The maximum absolute atomic E-state index is 13.3. The van der Waals surface area contributed by atoms with Gasteiger partial charge in [0.05, 0.1) is 0 Å². The van der Waals surface area contributed by atoms with E-state index < -0.39 is 6.04 Å². The lowest BCUT2D eigenvalue weighted by Gasteiger charge is -2.35. The highest BCUT2D eigenvalue weighted by Gasteiger charge is 2.53. The third-order valence-electron chi connectivity index (χ3n) is 7.32. The van der Waals surface area contributed by atoms with Crippen molar-refractivity contribution in [3.8, 4) is 0 Å². The van der Waals surface area contributed by atoms with E-state index in [1.54, 1.807) is 14.1 Å². The topological polar surface area (TPSA) is 62.5 Å². The van der Waals surface area contributed by atoms with E-state index in [2.05, 4.69) is 70.7 Å². The van der Waals surface area contributed by atoms with Crippen LogP contribution in [0.5, 0.6) is 0 Å². The van der Waals surface area contributed by atoms with Crippen molar-refractivity contribution in [2.24, 2.45) is 4.99 Å².